The highest BCUT2D eigenvalue weighted by Crippen LogP contribution is 2.56. The van der Waals surface area contributed by atoms with Crippen LogP contribution in [0.15, 0.2) is 76.6 Å². The van der Waals surface area contributed by atoms with E-state index in [0.717, 1.165) is 52.7 Å². The highest BCUT2D eigenvalue weighted by Gasteiger charge is 2.58. The number of anilines is 2. The monoisotopic (exact) mass is 731 g/mol. The number of hydrogen-bond acceptors (Lipinski definition) is 6. The van der Waals surface area contributed by atoms with Crippen LogP contribution in [0.5, 0.6) is 0 Å². The summed E-state index contributed by atoms with van der Waals surface area (Å²) in [4.78, 5) is 54.2. The van der Waals surface area contributed by atoms with Crippen molar-refractivity contribution in [3.63, 3.8) is 0 Å². The number of nitrogens with zero attached hydrogens (tertiary/aromatic N) is 2. The van der Waals surface area contributed by atoms with E-state index in [4.69, 9.17) is 23.2 Å². The van der Waals surface area contributed by atoms with E-state index in [1.54, 1.807) is 0 Å². The number of rotatable bonds is 5. The minimum Gasteiger partial charge on any atom is -0.325 e. The normalized spacial score (nSPS) is 19.5. The number of benzene rings is 3. The van der Waals surface area contributed by atoms with E-state index >= 15 is 0 Å². The van der Waals surface area contributed by atoms with Crippen molar-refractivity contribution in [3.8, 4) is 0 Å². The Morgan fingerprint density at radius 2 is 1.57 bits per heavy atom. The molecule has 2 aliphatic heterocycles. The van der Waals surface area contributed by atoms with Crippen LogP contribution in [0.2, 0.25) is 10.0 Å². The lowest BCUT2D eigenvalue weighted by Crippen LogP contribution is -2.33. The smallest absolute Gasteiger partial charge is 0.325 e. The molecule has 4 aromatic rings. The number of carbonyl (C=O) groups excluding carboxylic acids is 3. The molecule has 17 heteroatoms. The first-order chi connectivity index (χ1) is 22.1. The third-order valence-corrected chi connectivity index (χ3v) is 11.0. The molecule has 1 saturated heterocycles. The van der Waals surface area contributed by atoms with Gasteiger partial charge in [-0.2, -0.15) is 26.3 Å². The summed E-state index contributed by atoms with van der Waals surface area (Å²) in [5, 5.41) is 1.11. The van der Waals surface area contributed by atoms with Gasteiger partial charge in [-0.25, -0.2) is 4.90 Å². The molecule has 244 valence electrons. The fourth-order valence-electron chi connectivity index (χ4n) is 5.61. The van der Waals surface area contributed by atoms with Crippen LogP contribution in [0.25, 0.3) is 0 Å². The molecule has 0 saturated carbocycles. The lowest BCUT2D eigenvalue weighted by molar-refractivity contribution is -0.138. The largest absolute Gasteiger partial charge is 0.418 e. The zero-order valence-electron chi connectivity index (χ0n) is 23.2. The average Bonchev–Trinajstić information content (AvgIpc) is 3.44. The lowest BCUT2D eigenvalue weighted by Gasteiger charge is -2.31. The first kappa shape index (κ1) is 33.1. The number of nitrogens with one attached hydrogen (secondary N) is 1. The van der Waals surface area contributed by atoms with Crippen molar-refractivity contribution < 1.29 is 40.7 Å². The molecule has 0 aliphatic carbocycles. The fraction of sp³-hybridized carbons (Fsp3) is 0.200. The molecule has 3 heterocycles. The minimum absolute atomic E-state index is 0.0140. The lowest BCUT2D eigenvalue weighted by atomic mass is 9.83. The molecule has 3 amide bonds. The van der Waals surface area contributed by atoms with Crippen molar-refractivity contribution in [1.82, 2.24) is 4.57 Å². The van der Waals surface area contributed by atoms with E-state index in [0.29, 0.717) is 16.2 Å². The Hall–Kier alpha value is -3.79. The van der Waals surface area contributed by atoms with Crippen molar-refractivity contribution in [3.05, 3.63) is 108 Å². The summed E-state index contributed by atoms with van der Waals surface area (Å²) in [5.74, 6) is -5.25. The Labute approximate surface area is 279 Å². The maximum absolute atomic E-state index is 14.0. The molecule has 0 spiro atoms. The topological polar surface area (TPSA) is 88.5 Å². The summed E-state index contributed by atoms with van der Waals surface area (Å²) >= 11 is 14.2. The molecular weight excluding hydrogens is 715 g/mol. The molecule has 3 aromatic carbocycles. The molecule has 1 aromatic heterocycles. The minimum atomic E-state index is -4.90. The van der Waals surface area contributed by atoms with Gasteiger partial charge in [0, 0.05) is 16.5 Å². The summed E-state index contributed by atoms with van der Waals surface area (Å²) in [7, 11) is 0. The number of thioether (sulfide) groups is 1. The molecule has 0 radical (unpaired) electrons. The van der Waals surface area contributed by atoms with E-state index in [9.17, 15) is 45.5 Å². The van der Waals surface area contributed by atoms with E-state index < -0.39 is 75.4 Å². The molecule has 1 fully saturated rings. The first-order valence-corrected chi connectivity index (χ1v) is 15.9. The summed E-state index contributed by atoms with van der Waals surface area (Å²) < 4.78 is 82.4. The maximum atomic E-state index is 14.0. The quantitative estimate of drug-likeness (QED) is 0.168. The highest BCUT2D eigenvalue weighted by molar-refractivity contribution is 8.00. The van der Waals surface area contributed by atoms with Gasteiger partial charge in [-0.3, -0.25) is 23.7 Å². The number of fused-ring (bicyclic) bond motifs is 2. The molecule has 0 bridgehead atoms. The van der Waals surface area contributed by atoms with E-state index in [1.807, 2.05) is 0 Å². The van der Waals surface area contributed by atoms with Gasteiger partial charge in [-0.1, -0.05) is 76.6 Å². The number of alkyl halides is 6. The predicted octanol–water partition coefficient (Wildman–Crippen LogP) is 7.69. The molecule has 3 unspecified atom stereocenters. The Morgan fingerprint density at radius 1 is 0.872 bits per heavy atom. The summed E-state index contributed by atoms with van der Waals surface area (Å²) in [6, 6.07) is 12.5. The Morgan fingerprint density at radius 3 is 2.28 bits per heavy atom. The SMILES string of the molecule is O=C(Cn1c2c(sc1=O)C(c1cccc(Cl)c1Cl)C1C(=O)N(c3ccccc3C(F)(F)F)C(=O)C1S2)Nc1cccc(C(F)(F)F)c1. The number of halogens is 8. The van der Waals surface area contributed by atoms with Gasteiger partial charge in [0.25, 0.3) is 0 Å². The number of imide groups is 1. The zero-order valence-corrected chi connectivity index (χ0v) is 26.3. The van der Waals surface area contributed by atoms with Crippen LogP contribution in [-0.2, 0) is 33.3 Å². The van der Waals surface area contributed by atoms with Crippen LogP contribution in [0.3, 0.4) is 0 Å². The second-order valence-corrected chi connectivity index (χ2v) is 13.4. The first-order valence-electron chi connectivity index (χ1n) is 13.4. The molecule has 2 aliphatic rings. The number of thiazole rings is 1. The van der Waals surface area contributed by atoms with Crippen LogP contribution < -0.4 is 15.1 Å². The number of amides is 3. The van der Waals surface area contributed by atoms with Gasteiger partial charge in [-0.05, 0) is 42.0 Å². The van der Waals surface area contributed by atoms with E-state index in [-0.39, 0.29) is 31.2 Å². The van der Waals surface area contributed by atoms with Gasteiger partial charge in [0.05, 0.1) is 37.8 Å². The van der Waals surface area contributed by atoms with Gasteiger partial charge < -0.3 is 5.32 Å². The number of hydrogen-bond donors (Lipinski definition) is 1. The van der Waals surface area contributed by atoms with Gasteiger partial charge in [0.15, 0.2) is 0 Å². The van der Waals surface area contributed by atoms with Crippen molar-refractivity contribution >= 4 is 75.4 Å². The van der Waals surface area contributed by atoms with Crippen molar-refractivity contribution in [1.29, 1.82) is 0 Å². The van der Waals surface area contributed by atoms with Crippen LogP contribution in [0, 0.1) is 5.92 Å². The van der Waals surface area contributed by atoms with Crippen LogP contribution >= 0.6 is 46.3 Å². The Balaban J connectivity index is 1.43. The van der Waals surface area contributed by atoms with Crippen LogP contribution in [-0.4, -0.2) is 27.5 Å². The van der Waals surface area contributed by atoms with Gasteiger partial charge in [0.2, 0.25) is 17.7 Å². The average molecular weight is 733 g/mol. The molecule has 7 nitrogen and oxygen atoms in total. The van der Waals surface area contributed by atoms with Gasteiger partial charge in [-0.15, -0.1) is 0 Å². The van der Waals surface area contributed by atoms with Gasteiger partial charge >= 0.3 is 17.2 Å². The second-order valence-electron chi connectivity index (χ2n) is 10.5. The number of para-hydroxylation sites is 1. The maximum Gasteiger partial charge on any atom is 0.418 e. The van der Waals surface area contributed by atoms with E-state index in [1.165, 1.54) is 30.3 Å². The van der Waals surface area contributed by atoms with E-state index in [2.05, 4.69) is 5.32 Å². The molecule has 1 N–H and O–H groups in total. The summed E-state index contributed by atoms with van der Waals surface area (Å²) in [5.41, 5.74) is -2.84. The standard InChI is InChI=1S/C30H17Cl2F6N3O4S2/c31-17-9-4-7-15(22(17)32)20-21-23(26(44)41(25(21)43)18-10-2-1-8-16(18)30(36,37)38)46-27-24(20)47-28(45)40(27)12-19(42)39-14-6-3-5-13(11-14)29(33,34)35/h1-11,20-21,23H,12H2,(H,39,42). The summed E-state index contributed by atoms with van der Waals surface area (Å²) in [6.07, 6.45) is -9.58. The van der Waals surface area contributed by atoms with Crippen molar-refractivity contribution in [2.45, 2.75) is 35.1 Å². The molecule has 47 heavy (non-hydrogen) atoms. The summed E-state index contributed by atoms with van der Waals surface area (Å²) in [6.45, 7) is -0.690. The van der Waals surface area contributed by atoms with Crippen LogP contribution in [0.4, 0.5) is 37.7 Å². The van der Waals surface area contributed by atoms with Crippen molar-refractivity contribution in [2.75, 3.05) is 10.2 Å². The third kappa shape index (κ3) is 5.94. The molecular formula is C30H17Cl2F6N3O4S2. The molecule has 3 atom stereocenters. The fourth-order valence-corrected chi connectivity index (χ4v) is 8.80. The second kappa shape index (κ2) is 12.0. The number of carbonyl (C=O) groups is 3. The van der Waals surface area contributed by atoms with Gasteiger partial charge in [0.1, 0.15) is 11.8 Å². The Bertz CT molecular complexity index is 2010. The molecule has 6 rings (SSSR count). The highest BCUT2D eigenvalue weighted by atomic mass is 35.5. The Kier molecular flexibility index (Phi) is 8.47. The van der Waals surface area contributed by atoms with Crippen LogP contribution in [0.1, 0.15) is 27.5 Å². The van der Waals surface area contributed by atoms with Crippen molar-refractivity contribution in [2.24, 2.45) is 5.92 Å². The third-order valence-electron chi connectivity index (χ3n) is 7.59. The predicted molar refractivity (Wildman–Crippen MR) is 164 cm³/mol. The number of aromatic nitrogens is 1. The zero-order chi connectivity index (χ0) is 34.0.